The van der Waals surface area contributed by atoms with Crippen molar-refractivity contribution in [1.82, 2.24) is 25.0 Å². The SMILES string of the molecule is C[C@@H](OCC1(C(F)(F)F)CC1)[C@H](NC(=O)[C@H]1CN(C(=O)c2cncs2)CC12CN(C(=O)[C@H]1CC1(C)C)C2)C(=O)N1CCC(F)(F)CC1. The number of nitrogens with zero attached hydrogens (tertiary/aromatic N) is 4. The summed E-state index contributed by atoms with van der Waals surface area (Å²) in [6.07, 6.45) is -4.90. The number of rotatable bonds is 9. The number of nitrogens with one attached hydrogen (secondary N) is 1. The number of hydrogen-bond donors (Lipinski definition) is 1. The summed E-state index contributed by atoms with van der Waals surface area (Å²) >= 11 is 1.15. The predicted molar refractivity (Wildman–Crippen MR) is 158 cm³/mol. The Morgan fingerprint density at radius 3 is 2.17 bits per heavy atom. The zero-order valence-corrected chi connectivity index (χ0v) is 27.4. The number of alkyl halides is 5. The molecule has 1 spiro atoms. The molecule has 2 saturated carbocycles. The summed E-state index contributed by atoms with van der Waals surface area (Å²) in [5.74, 6) is -5.59. The van der Waals surface area contributed by atoms with Gasteiger partial charge in [-0.3, -0.25) is 24.2 Å². The van der Waals surface area contributed by atoms with Crippen molar-refractivity contribution in [1.29, 1.82) is 0 Å². The first-order chi connectivity index (χ1) is 21.9. The average molecular weight is 690 g/mol. The van der Waals surface area contributed by atoms with Crippen LogP contribution in [-0.2, 0) is 19.1 Å². The third-order valence-electron chi connectivity index (χ3n) is 10.9. The van der Waals surface area contributed by atoms with Crippen LogP contribution in [0.2, 0.25) is 0 Å². The summed E-state index contributed by atoms with van der Waals surface area (Å²) in [6, 6.07) is -1.45. The second-order valence-electron chi connectivity index (χ2n) is 14.9. The molecule has 1 N–H and O–H groups in total. The van der Waals surface area contributed by atoms with Crippen LogP contribution in [0.25, 0.3) is 0 Å². The van der Waals surface area contributed by atoms with Gasteiger partial charge in [0.2, 0.25) is 17.7 Å². The highest BCUT2D eigenvalue weighted by atomic mass is 32.1. The summed E-state index contributed by atoms with van der Waals surface area (Å²) in [4.78, 5) is 63.1. The van der Waals surface area contributed by atoms with Gasteiger partial charge in [0.15, 0.2) is 0 Å². The van der Waals surface area contributed by atoms with E-state index in [1.54, 1.807) is 4.90 Å². The van der Waals surface area contributed by atoms with Crippen LogP contribution in [0.1, 0.15) is 62.5 Å². The lowest BCUT2D eigenvalue weighted by Crippen LogP contribution is -2.65. The lowest BCUT2D eigenvalue weighted by atomic mass is 9.70. The Labute approximate surface area is 273 Å². The van der Waals surface area contributed by atoms with Crippen LogP contribution >= 0.6 is 11.3 Å². The van der Waals surface area contributed by atoms with Crippen LogP contribution in [0.5, 0.6) is 0 Å². The molecular formula is C31H40F5N5O5S. The lowest BCUT2D eigenvalue weighted by Gasteiger charge is -2.50. The second kappa shape index (κ2) is 11.6. The average Bonchev–Trinajstić information content (AvgIpc) is 3.74. The number of carbonyl (C=O) groups excluding carboxylic acids is 4. The summed E-state index contributed by atoms with van der Waals surface area (Å²) in [6.45, 7) is 4.76. The van der Waals surface area contributed by atoms with Crippen molar-refractivity contribution in [2.45, 2.75) is 77.1 Å². The van der Waals surface area contributed by atoms with Crippen LogP contribution in [0.4, 0.5) is 22.0 Å². The fraction of sp³-hybridized carbons (Fsp3) is 0.774. The zero-order valence-electron chi connectivity index (χ0n) is 26.6. The molecule has 1 aromatic rings. The molecule has 260 valence electrons. The monoisotopic (exact) mass is 689 g/mol. The Kier molecular flexibility index (Phi) is 8.41. The van der Waals surface area contributed by atoms with Crippen molar-refractivity contribution in [3.8, 4) is 0 Å². The molecule has 6 rings (SSSR count). The highest BCUT2D eigenvalue weighted by molar-refractivity contribution is 7.11. The molecule has 4 amide bonds. The van der Waals surface area contributed by atoms with Crippen molar-refractivity contribution in [3.63, 3.8) is 0 Å². The van der Waals surface area contributed by atoms with Gasteiger partial charge in [-0.15, -0.1) is 11.3 Å². The molecular weight excluding hydrogens is 649 g/mol. The van der Waals surface area contributed by atoms with E-state index < -0.39 is 72.3 Å². The van der Waals surface area contributed by atoms with Crippen molar-refractivity contribution >= 4 is 35.0 Å². The molecule has 10 nitrogen and oxygen atoms in total. The van der Waals surface area contributed by atoms with Crippen LogP contribution in [0.3, 0.4) is 0 Å². The smallest absolute Gasteiger partial charge is 0.375 e. The number of carbonyl (C=O) groups is 4. The van der Waals surface area contributed by atoms with E-state index in [9.17, 15) is 41.1 Å². The van der Waals surface area contributed by atoms with Crippen LogP contribution in [0.15, 0.2) is 11.7 Å². The van der Waals surface area contributed by atoms with Crippen molar-refractivity contribution in [3.05, 3.63) is 16.6 Å². The van der Waals surface area contributed by atoms with Crippen LogP contribution < -0.4 is 5.32 Å². The van der Waals surface area contributed by atoms with Gasteiger partial charge < -0.3 is 24.8 Å². The largest absolute Gasteiger partial charge is 0.396 e. The minimum Gasteiger partial charge on any atom is -0.375 e. The minimum atomic E-state index is -4.50. The number of amides is 4. The number of halogens is 5. The molecule has 5 aliphatic rings. The molecule has 0 bridgehead atoms. The molecule has 0 unspecified atom stereocenters. The molecule has 47 heavy (non-hydrogen) atoms. The van der Waals surface area contributed by atoms with Gasteiger partial charge in [0.05, 0.1) is 35.8 Å². The Balaban J connectivity index is 1.21. The van der Waals surface area contributed by atoms with Gasteiger partial charge in [0.1, 0.15) is 10.9 Å². The third kappa shape index (κ3) is 6.47. The Hall–Kier alpha value is -2.88. The number of ether oxygens (including phenoxy) is 1. The van der Waals surface area contributed by atoms with E-state index in [4.69, 9.17) is 4.74 Å². The van der Waals surface area contributed by atoms with E-state index >= 15 is 0 Å². The van der Waals surface area contributed by atoms with E-state index in [1.807, 2.05) is 13.8 Å². The fourth-order valence-corrected chi connectivity index (χ4v) is 7.78. The number of hydrogen-bond acceptors (Lipinski definition) is 7. The first-order valence-electron chi connectivity index (χ1n) is 16.0. The maximum Gasteiger partial charge on any atom is 0.396 e. The number of aromatic nitrogens is 1. The van der Waals surface area contributed by atoms with Gasteiger partial charge in [-0.2, -0.15) is 13.2 Å². The van der Waals surface area contributed by atoms with Crippen molar-refractivity contribution in [2.75, 3.05) is 45.9 Å². The van der Waals surface area contributed by atoms with Crippen LogP contribution in [-0.4, -0.2) is 113 Å². The van der Waals surface area contributed by atoms with Gasteiger partial charge in [0, 0.05) is 63.4 Å². The van der Waals surface area contributed by atoms with Gasteiger partial charge in [-0.1, -0.05) is 13.8 Å². The van der Waals surface area contributed by atoms with E-state index in [0.29, 0.717) is 4.88 Å². The zero-order chi connectivity index (χ0) is 34.2. The summed E-state index contributed by atoms with van der Waals surface area (Å²) < 4.78 is 74.4. The molecule has 2 aliphatic carbocycles. The van der Waals surface area contributed by atoms with Gasteiger partial charge in [-0.05, 0) is 31.6 Å². The molecule has 0 aromatic carbocycles. The van der Waals surface area contributed by atoms with Gasteiger partial charge in [-0.25, -0.2) is 8.78 Å². The lowest BCUT2D eigenvalue weighted by molar-refractivity contribution is -0.206. The maximum absolute atomic E-state index is 14.1. The fourth-order valence-electron chi connectivity index (χ4n) is 7.19. The normalized spacial score (nSPS) is 28.0. The number of thiazole rings is 1. The van der Waals surface area contributed by atoms with Crippen LogP contribution in [0, 0.1) is 28.1 Å². The highest BCUT2D eigenvalue weighted by Crippen LogP contribution is 2.58. The van der Waals surface area contributed by atoms with E-state index in [0.717, 1.165) is 17.8 Å². The second-order valence-corrected chi connectivity index (χ2v) is 15.8. The summed E-state index contributed by atoms with van der Waals surface area (Å²) in [7, 11) is 0. The molecule has 3 saturated heterocycles. The van der Waals surface area contributed by atoms with E-state index in [1.165, 1.54) is 28.4 Å². The quantitative estimate of drug-likeness (QED) is 0.397. The standard InChI is InChI=1S/C31H40F5N5O5S/c1-18(46-16-29(4-5-29)31(34,35)36)22(26(45)39-8-6-30(32,33)7-9-39)38-23(42)20-12-40(25(44)21-11-37-17-47-21)13-28(20)14-41(15-28)24(43)19-10-27(19,2)3/h11,17-20,22H,4-10,12-16H2,1-3H3,(H,38,42)/t18-,19-,20-,22+/m1/s1. The summed E-state index contributed by atoms with van der Waals surface area (Å²) in [5, 5.41) is 2.71. The van der Waals surface area contributed by atoms with Crippen molar-refractivity contribution < 1.29 is 45.9 Å². The molecule has 4 heterocycles. The molecule has 5 fully saturated rings. The van der Waals surface area contributed by atoms with E-state index in [-0.39, 0.29) is 75.3 Å². The van der Waals surface area contributed by atoms with Crippen molar-refractivity contribution in [2.24, 2.45) is 28.1 Å². The Morgan fingerprint density at radius 1 is 1.02 bits per heavy atom. The van der Waals surface area contributed by atoms with Gasteiger partial charge in [0.25, 0.3) is 11.8 Å². The third-order valence-corrected chi connectivity index (χ3v) is 11.7. The minimum absolute atomic E-state index is 0.0111. The molecule has 3 aliphatic heterocycles. The predicted octanol–water partition coefficient (Wildman–Crippen LogP) is 3.58. The number of piperidine rings is 1. The topological polar surface area (TPSA) is 112 Å². The molecule has 0 radical (unpaired) electrons. The number of likely N-dealkylation sites (tertiary alicyclic amines) is 3. The highest BCUT2D eigenvalue weighted by Gasteiger charge is 2.64. The first-order valence-corrected chi connectivity index (χ1v) is 16.9. The Morgan fingerprint density at radius 2 is 1.64 bits per heavy atom. The Bertz CT molecular complexity index is 1400. The maximum atomic E-state index is 14.1. The molecule has 4 atom stereocenters. The molecule has 1 aromatic heterocycles. The van der Waals surface area contributed by atoms with E-state index in [2.05, 4.69) is 10.3 Å². The summed E-state index contributed by atoms with van der Waals surface area (Å²) in [5.41, 5.74) is -1.41. The molecule has 16 heteroatoms. The first kappa shape index (κ1) is 34.0. The van der Waals surface area contributed by atoms with Gasteiger partial charge >= 0.3 is 6.18 Å².